The molecule has 5 heteroatoms. The Balaban J connectivity index is 1.69. The van der Waals surface area contributed by atoms with Gasteiger partial charge >= 0.3 is 0 Å². The van der Waals surface area contributed by atoms with Crippen LogP contribution in [0.4, 0.5) is 5.69 Å². The molecule has 0 amide bonds. The zero-order chi connectivity index (χ0) is 13.9. The van der Waals surface area contributed by atoms with Gasteiger partial charge in [-0.15, -0.1) is 0 Å². The van der Waals surface area contributed by atoms with E-state index in [4.69, 9.17) is 10.5 Å². The van der Waals surface area contributed by atoms with Crippen LogP contribution < -0.4 is 10.5 Å². The third-order valence-corrected chi connectivity index (χ3v) is 3.98. The summed E-state index contributed by atoms with van der Waals surface area (Å²) in [5, 5.41) is 0.882. The number of nitrogen functional groups attached to an aromatic ring is 1. The molecule has 5 nitrogen and oxygen atoms in total. The summed E-state index contributed by atoms with van der Waals surface area (Å²) in [5.41, 5.74) is 7.39. The number of fused-ring (bicyclic) bond motifs is 1. The minimum atomic E-state index is 0.628. The molecule has 106 valence electrons. The van der Waals surface area contributed by atoms with Gasteiger partial charge in [0.2, 0.25) is 5.88 Å². The lowest BCUT2D eigenvalue weighted by atomic mass is 10.1. The Hall–Kier alpha value is -1.88. The molecule has 1 fully saturated rings. The molecule has 1 aromatic carbocycles. The summed E-state index contributed by atoms with van der Waals surface area (Å²) in [6.45, 7) is 1.87. The number of anilines is 1. The molecule has 0 bridgehead atoms. The molecular formula is C15H20N4O. The van der Waals surface area contributed by atoms with E-state index in [-0.39, 0.29) is 0 Å². The fourth-order valence-electron chi connectivity index (χ4n) is 2.80. The predicted molar refractivity (Wildman–Crippen MR) is 79.7 cm³/mol. The van der Waals surface area contributed by atoms with Crippen LogP contribution in [0, 0.1) is 0 Å². The Morgan fingerprint density at radius 1 is 1.40 bits per heavy atom. The van der Waals surface area contributed by atoms with Gasteiger partial charge in [0.1, 0.15) is 6.33 Å². The maximum atomic E-state index is 5.85. The quantitative estimate of drug-likeness (QED) is 0.863. The summed E-state index contributed by atoms with van der Waals surface area (Å²) < 4.78 is 5.85. The molecule has 0 spiro atoms. The minimum absolute atomic E-state index is 0.628. The van der Waals surface area contributed by atoms with Crippen LogP contribution in [0.5, 0.6) is 5.88 Å². The van der Waals surface area contributed by atoms with Gasteiger partial charge in [-0.2, -0.15) is 0 Å². The van der Waals surface area contributed by atoms with Gasteiger partial charge in [0, 0.05) is 11.7 Å². The van der Waals surface area contributed by atoms with Crippen LogP contribution in [0.25, 0.3) is 10.9 Å². The first kappa shape index (κ1) is 13.1. The molecule has 1 aromatic heterocycles. The largest absolute Gasteiger partial charge is 0.477 e. The highest BCUT2D eigenvalue weighted by atomic mass is 16.5. The van der Waals surface area contributed by atoms with Gasteiger partial charge < -0.3 is 15.4 Å². The summed E-state index contributed by atoms with van der Waals surface area (Å²) in [6, 6.07) is 6.23. The molecule has 1 aliphatic heterocycles. The average Bonchev–Trinajstić information content (AvgIpc) is 2.85. The second-order valence-electron chi connectivity index (χ2n) is 5.37. The van der Waals surface area contributed by atoms with Gasteiger partial charge in [0.25, 0.3) is 0 Å². The molecule has 2 aromatic rings. The molecule has 3 rings (SSSR count). The van der Waals surface area contributed by atoms with Crippen molar-refractivity contribution < 1.29 is 4.74 Å². The van der Waals surface area contributed by atoms with Crippen molar-refractivity contribution >= 4 is 16.6 Å². The summed E-state index contributed by atoms with van der Waals surface area (Å²) >= 11 is 0. The number of ether oxygens (including phenoxy) is 1. The van der Waals surface area contributed by atoms with Crippen molar-refractivity contribution in [3.8, 4) is 5.88 Å². The summed E-state index contributed by atoms with van der Waals surface area (Å²) in [7, 11) is 2.18. The van der Waals surface area contributed by atoms with Gasteiger partial charge in [-0.05, 0) is 51.1 Å². The fourth-order valence-corrected chi connectivity index (χ4v) is 2.80. The first-order chi connectivity index (χ1) is 9.74. The van der Waals surface area contributed by atoms with Gasteiger partial charge in [-0.1, -0.05) is 0 Å². The molecule has 1 atom stereocenters. The third kappa shape index (κ3) is 2.67. The highest BCUT2D eigenvalue weighted by Gasteiger charge is 2.20. The van der Waals surface area contributed by atoms with Crippen molar-refractivity contribution in [2.75, 3.05) is 25.9 Å². The van der Waals surface area contributed by atoms with Gasteiger partial charge in [0.15, 0.2) is 0 Å². The summed E-state index contributed by atoms with van der Waals surface area (Å²) in [4.78, 5) is 10.9. The zero-order valence-electron chi connectivity index (χ0n) is 11.7. The Bertz CT molecular complexity index is 601. The molecule has 1 aliphatic rings. The summed E-state index contributed by atoms with van der Waals surface area (Å²) in [5.74, 6) is 0.628. The van der Waals surface area contributed by atoms with E-state index in [0.29, 0.717) is 24.2 Å². The van der Waals surface area contributed by atoms with Crippen LogP contribution in [0.2, 0.25) is 0 Å². The number of hydrogen-bond acceptors (Lipinski definition) is 5. The molecule has 1 unspecified atom stereocenters. The van der Waals surface area contributed by atoms with E-state index in [1.54, 1.807) is 0 Å². The van der Waals surface area contributed by atoms with Crippen molar-refractivity contribution in [1.29, 1.82) is 0 Å². The Kier molecular flexibility index (Phi) is 3.69. The first-order valence-electron chi connectivity index (χ1n) is 7.07. The second kappa shape index (κ2) is 5.63. The van der Waals surface area contributed by atoms with E-state index < -0.39 is 0 Å². The molecule has 2 N–H and O–H groups in total. The number of hydrogen-bond donors (Lipinski definition) is 1. The number of rotatable bonds is 4. The van der Waals surface area contributed by atoms with Crippen molar-refractivity contribution in [2.45, 2.75) is 25.3 Å². The highest BCUT2D eigenvalue weighted by Crippen LogP contribution is 2.24. The Morgan fingerprint density at radius 3 is 3.10 bits per heavy atom. The molecular weight excluding hydrogens is 252 g/mol. The lowest BCUT2D eigenvalue weighted by Gasteiger charge is -2.19. The van der Waals surface area contributed by atoms with Gasteiger partial charge in [-0.25, -0.2) is 9.97 Å². The standard InChI is InChI=1S/C15H20N4O/c1-19-7-2-3-12(19)6-8-20-15-13-9-11(16)4-5-14(13)17-10-18-15/h4-5,9-10,12H,2-3,6-8,16H2,1H3. The fraction of sp³-hybridized carbons (Fsp3) is 0.467. The van der Waals surface area contributed by atoms with Crippen LogP contribution in [-0.2, 0) is 0 Å². The van der Waals surface area contributed by atoms with E-state index in [1.807, 2.05) is 18.2 Å². The normalized spacial score (nSPS) is 19.6. The molecule has 20 heavy (non-hydrogen) atoms. The van der Waals surface area contributed by atoms with E-state index in [2.05, 4.69) is 21.9 Å². The number of likely N-dealkylation sites (tertiary alicyclic amines) is 1. The maximum Gasteiger partial charge on any atom is 0.224 e. The maximum absolute atomic E-state index is 5.85. The number of nitrogens with two attached hydrogens (primary N) is 1. The van der Waals surface area contributed by atoms with Crippen LogP contribution in [0.15, 0.2) is 24.5 Å². The SMILES string of the molecule is CN1CCCC1CCOc1ncnc2ccc(N)cc12. The van der Waals surface area contributed by atoms with E-state index in [0.717, 1.165) is 17.3 Å². The topological polar surface area (TPSA) is 64.3 Å². The van der Waals surface area contributed by atoms with Gasteiger partial charge in [0.05, 0.1) is 17.5 Å². The lowest BCUT2D eigenvalue weighted by Crippen LogP contribution is -2.26. The van der Waals surface area contributed by atoms with Crippen molar-refractivity contribution in [1.82, 2.24) is 14.9 Å². The monoisotopic (exact) mass is 272 g/mol. The smallest absolute Gasteiger partial charge is 0.224 e. The molecule has 2 heterocycles. The molecule has 0 saturated carbocycles. The van der Waals surface area contributed by atoms with Crippen LogP contribution in [-0.4, -0.2) is 41.1 Å². The predicted octanol–water partition coefficient (Wildman–Crippen LogP) is 2.08. The van der Waals surface area contributed by atoms with Crippen molar-refractivity contribution in [3.05, 3.63) is 24.5 Å². The molecule has 0 aliphatic carbocycles. The van der Waals surface area contributed by atoms with Crippen LogP contribution in [0.1, 0.15) is 19.3 Å². The second-order valence-corrected chi connectivity index (χ2v) is 5.37. The van der Waals surface area contributed by atoms with Crippen molar-refractivity contribution in [3.63, 3.8) is 0 Å². The van der Waals surface area contributed by atoms with Crippen LogP contribution >= 0.6 is 0 Å². The summed E-state index contributed by atoms with van der Waals surface area (Å²) in [6.07, 6.45) is 5.12. The number of nitrogens with zero attached hydrogens (tertiary/aromatic N) is 3. The Labute approximate surface area is 118 Å². The van der Waals surface area contributed by atoms with Crippen LogP contribution in [0.3, 0.4) is 0 Å². The van der Waals surface area contributed by atoms with E-state index in [9.17, 15) is 0 Å². The average molecular weight is 272 g/mol. The Morgan fingerprint density at radius 2 is 2.30 bits per heavy atom. The minimum Gasteiger partial charge on any atom is -0.477 e. The first-order valence-corrected chi connectivity index (χ1v) is 7.07. The molecule has 0 radical (unpaired) electrons. The number of benzene rings is 1. The van der Waals surface area contributed by atoms with Crippen molar-refractivity contribution in [2.24, 2.45) is 0 Å². The van der Waals surface area contributed by atoms with E-state index in [1.165, 1.54) is 25.7 Å². The number of aromatic nitrogens is 2. The van der Waals surface area contributed by atoms with E-state index >= 15 is 0 Å². The highest BCUT2D eigenvalue weighted by molar-refractivity contribution is 5.86. The molecule has 1 saturated heterocycles. The zero-order valence-corrected chi connectivity index (χ0v) is 11.7. The third-order valence-electron chi connectivity index (χ3n) is 3.98. The van der Waals surface area contributed by atoms with Gasteiger partial charge in [-0.3, -0.25) is 0 Å². The lowest BCUT2D eigenvalue weighted by molar-refractivity contribution is 0.230.